The Morgan fingerprint density at radius 3 is 2.46 bits per heavy atom. The minimum absolute atomic E-state index is 0.0396. The van der Waals surface area contributed by atoms with Crippen LogP contribution in [-0.2, 0) is 11.8 Å². The Bertz CT molecular complexity index is 1530. The van der Waals surface area contributed by atoms with Crippen molar-refractivity contribution in [1.82, 2.24) is 14.5 Å². The number of hydrogen-bond acceptors (Lipinski definition) is 8. The highest BCUT2D eigenvalue weighted by atomic mass is 35.5. The topological polar surface area (TPSA) is 123 Å². The van der Waals surface area contributed by atoms with Crippen molar-refractivity contribution in [3.8, 4) is 11.9 Å². The molecule has 1 fully saturated rings. The van der Waals surface area contributed by atoms with Gasteiger partial charge in [-0.2, -0.15) is 4.98 Å². The van der Waals surface area contributed by atoms with Gasteiger partial charge in [0.25, 0.3) is 11.5 Å². The van der Waals surface area contributed by atoms with E-state index in [1.807, 2.05) is 26.8 Å². The highest BCUT2D eigenvalue weighted by molar-refractivity contribution is 6.49. The first-order valence-corrected chi connectivity index (χ1v) is 12.8. The van der Waals surface area contributed by atoms with E-state index in [2.05, 4.69) is 9.97 Å². The number of nitrogens with zero attached hydrogens (tertiary/aromatic N) is 5. The van der Waals surface area contributed by atoms with Crippen molar-refractivity contribution in [1.29, 1.82) is 5.41 Å². The molecular weight excluding hydrogens is 543 g/mol. The maximum atomic E-state index is 13.8. The van der Waals surface area contributed by atoms with Crippen LogP contribution in [0.1, 0.15) is 31.0 Å². The zero-order chi connectivity index (χ0) is 28.6. The summed E-state index contributed by atoms with van der Waals surface area (Å²) in [6.07, 6.45) is 3.01. The third-order valence-corrected chi connectivity index (χ3v) is 7.06. The number of hydrogen-bond donors (Lipinski definition) is 1. The quantitative estimate of drug-likeness (QED) is 0.400. The van der Waals surface area contributed by atoms with E-state index in [9.17, 15) is 9.59 Å². The predicted octanol–water partition coefficient (Wildman–Crippen LogP) is 4.96. The summed E-state index contributed by atoms with van der Waals surface area (Å²) in [4.78, 5) is 40.8. The van der Waals surface area contributed by atoms with Crippen molar-refractivity contribution in [3.05, 3.63) is 68.2 Å². The number of aromatic nitrogens is 3. The fraction of sp³-hybridized carbons (Fsp3) is 0.333. The van der Waals surface area contributed by atoms with E-state index < -0.39 is 23.4 Å². The zero-order valence-corrected chi connectivity index (χ0v) is 23.8. The Labute approximate surface area is 235 Å². The van der Waals surface area contributed by atoms with Crippen LogP contribution in [0.3, 0.4) is 0 Å². The fourth-order valence-corrected chi connectivity index (χ4v) is 5.20. The molecule has 1 saturated heterocycles. The van der Waals surface area contributed by atoms with Gasteiger partial charge in [0.1, 0.15) is 16.4 Å². The molecule has 0 spiro atoms. The average molecular weight is 571 g/mol. The molecule has 0 bridgehead atoms. The summed E-state index contributed by atoms with van der Waals surface area (Å²) in [5.41, 5.74) is 2.32. The van der Waals surface area contributed by atoms with Crippen LogP contribution in [-0.4, -0.2) is 46.1 Å². The molecule has 204 valence electrons. The number of amides is 1. The molecule has 10 nitrogen and oxygen atoms in total. The van der Waals surface area contributed by atoms with E-state index in [1.165, 1.54) is 42.1 Å². The zero-order valence-electron chi connectivity index (χ0n) is 22.3. The Kier molecular flexibility index (Phi) is 8.08. The molecule has 3 heterocycles. The molecule has 4 rings (SSSR count). The molecule has 0 aliphatic carbocycles. The van der Waals surface area contributed by atoms with Crippen LogP contribution in [0.5, 0.6) is 11.9 Å². The SMILES string of the molecule is COc1ncc(N=C(C(C)C)C2C(=N)C(=O)N(c3cc(Cl)c(=O)n(C)c3)C2c2ccc(Cl)cc2C)c(OC)n1. The maximum Gasteiger partial charge on any atom is 0.319 e. The van der Waals surface area contributed by atoms with Gasteiger partial charge in [-0.25, -0.2) is 9.98 Å². The Hall–Kier alpha value is -3.76. The third kappa shape index (κ3) is 5.26. The van der Waals surface area contributed by atoms with E-state index in [0.717, 1.165) is 11.1 Å². The second-order valence-corrected chi connectivity index (χ2v) is 10.3. The smallest absolute Gasteiger partial charge is 0.319 e. The van der Waals surface area contributed by atoms with Crippen molar-refractivity contribution in [2.45, 2.75) is 26.8 Å². The van der Waals surface area contributed by atoms with Crippen molar-refractivity contribution < 1.29 is 14.3 Å². The number of carbonyl (C=O) groups excluding carboxylic acids is 1. The number of carbonyl (C=O) groups is 1. The molecule has 39 heavy (non-hydrogen) atoms. The summed E-state index contributed by atoms with van der Waals surface area (Å²) in [5, 5.41) is 9.51. The first-order valence-electron chi connectivity index (χ1n) is 12.1. The highest BCUT2D eigenvalue weighted by Gasteiger charge is 2.49. The minimum atomic E-state index is -0.764. The molecule has 12 heteroatoms. The van der Waals surface area contributed by atoms with Crippen LogP contribution in [0.15, 0.2) is 46.4 Å². The van der Waals surface area contributed by atoms with Crippen LogP contribution in [0, 0.1) is 24.2 Å². The van der Waals surface area contributed by atoms with Crippen molar-refractivity contribution >= 4 is 51.9 Å². The molecule has 2 unspecified atom stereocenters. The number of aryl methyl sites for hydroxylation is 2. The van der Waals surface area contributed by atoms with Gasteiger partial charge in [-0.1, -0.05) is 43.1 Å². The number of benzene rings is 1. The van der Waals surface area contributed by atoms with E-state index in [4.69, 9.17) is 43.1 Å². The highest BCUT2D eigenvalue weighted by Crippen LogP contribution is 2.44. The van der Waals surface area contributed by atoms with Crippen LogP contribution >= 0.6 is 23.2 Å². The summed E-state index contributed by atoms with van der Waals surface area (Å²) in [6.45, 7) is 5.76. The minimum Gasteiger partial charge on any atom is -0.479 e. The van der Waals surface area contributed by atoms with Gasteiger partial charge in [-0.05, 0) is 42.2 Å². The van der Waals surface area contributed by atoms with Gasteiger partial charge in [0.05, 0.1) is 38.1 Å². The molecule has 1 aliphatic rings. The van der Waals surface area contributed by atoms with Crippen molar-refractivity contribution in [2.24, 2.45) is 23.9 Å². The number of nitrogens with one attached hydrogen (secondary N) is 1. The molecule has 3 aromatic rings. The lowest BCUT2D eigenvalue weighted by Gasteiger charge is -2.31. The number of methoxy groups -OCH3 is 2. The lowest BCUT2D eigenvalue weighted by Crippen LogP contribution is -2.33. The number of anilines is 1. The van der Waals surface area contributed by atoms with Crippen molar-refractivity contribution in [2.75, 3.05) is 19.1 Å². The molecule has 1 aliphatic heterocycles. The number of ether oxygens (including phenoxy) is 2. The first-order chi connectivity index (χ1) is 18.5. The van der Waals surface area contributed by atoms with Gasteiger partial charge in [-0.3, -0.25) is 19.9 Å². The Morgan fingerprint density at radius 1 is 1.15 bits per heavy atom. The summed E-state index contributed by atoms with van der Waals surface area (Å²) < 4.78 is 11.8. The Balaban J connectivity index is 1.98. The predicted molar refractivity (Wildman–Crippen MR) is 151 cm³/mol. The number of rotatable bonds is 7. The summed E-state index contributed by atoms with van der Waals surface area (Å²) in [5.74, 6) is -1.29. The maximum absolute atomic E-state index is 13.8. The monoisotopic (exact) mass is 570 g/mol. The van der Waals surface area contributed by atoms with E-state index in [1.54, 1.807) is 19.2 Å². The van der Waals surface area contributed by atoms with Gasteiger partial charge in [0.2, 0.25) is 5.88 Å². The van der Waals surface area contributed by atoms with Crippen LogP contribution in [0.2, 0.25) is 10.0 Å². The lowest BCUT2D eigenvalue weighted by molar-refractivity contribution is -0.112. The summed E-state index contributed by atoms with van der Waals surface area (Å²) >= 11 is 12.5. The normalized spacial score (nSPS) is 17.8. The first kappa shape index (κ1) is 28.3. The lowest BCUT2D eigenvalue weighted by atomic mass is 9.82. The fourth-order valence-electron chi connectivity index (χ4n) is 4.73. The number of aliphatic imine (C=N–C) groups is 1. The van der Waals surface area contributed by atoms with E-state index in [-0.39, 0.29) is 28.5 Å². The van der Waals surface area contributed by atoms with Gasteiger partial charge in [0, 0.05) is 24.0 Å². The summed E-state index contributed by atoms with van der Waals surface area (Å²) in [7, 11) is 4.46. The second-order valence-electron chi connectivity index (χ2n) is 9.42. The molecule has 2 atom stereocenters. The van der Waals surface area contributed by atoms with Crippen LogP contribution in [0.4, 0.5) is 11.4 Å². The van der Waals surface area contributed by atoms with Crippen LogP contribution < -0.4 is 19.9 Å². The average Bonchev–Trinajstić information content (AvgIpc) is 3.15. The standard InChI is InChI=1S/C27H28Cl2N6O4/c1-13(2)22(32-19-11-31-27(39-6)33-24(19)38-5)20-21(30)26(37)35(16-10-18(29)25(36)34(4)12-16)23(20)17-8-7-15(28)9-14(17)3/h7-13,20,23,30H,1-6H3. The molecular formula is C27H28Cl2N6O4. The van der Waals surface area contributed by atoms with E-state index in [0.29, 0.717) is 22.1 Å². The van der Waals surface area contributed by atoms with Gasteiger partial charge >= 0.3 is 6.01 Å². The van der Waals surface area contributed by atoms with E-state index >= 15 is 0 Å². The summed E-state index contributed by atoms with van der Waals surface area (Å²) in [6, 6.07) is 6.27. The molecule has 1 amide bonds. The largest absolute Gasteiger partial charge is 0.479 e. The van der Waals surface area contributed by atoms with Crippen LogP contribution in [0.25, 0.3) is 0 Å². The van der Waals surface area contributed by atoms with Gasteiger partial charge < -0.3 is 14.0 Å². The number of pyridine rings is 1. The molecule has 1 N–H and O–H groups in total. The Morgan fingerprint density at radius 2 is 1.87 bits per heavy atom. The van der Waals surface area contributed by atoms with Gasteiger partial charge in [-0.15, -0.1) is 0 Å². The molecule has 0 radical (unpaired) electrons. The second kappa shape index (κ2) is 11.2. The third-order valence-electron chi connectivity index (χ3n) is 6.56. The van der Waals surface area contributed by atoms with Crippen molar-refractivity contribution in [3.63, 3.8) is 0 Å². The molecule has 2 aromatic heterocycles. The molecule has 0 saturated carbocycles. The molecule has 1 aromatic carbocycles. The van der Waals surface area contributed by atoms with Gasteiger partial charge in [0.15, 0.2) is 0 Å². The number of halogens is 2.